The second-order valence-electron chi connectivity index (χ2n) is 7.47. The van der Waals surface area contributed by atoms with Crippen molar-refractivity contribution in [1.29, 1.82) is 0 Å². The first-order valence-electron chi connectivity index (χ1n) is 9.27. The van der Waals surface area contributed by atoms with Crippen molar-refractivity contribution in [3.05, 3.63) is 0 Å². The molecule has 0 spiro atoms. The predicted molar refractivity (Wildman–Crippen MR) is 105 cm³/mol. The van der Waals surface area contributed by atoms with E-state index in [2.05, 4.69) is 45.4 Å². The smallest absolute Gasteiger partial charge is 0.374 e. The summed E-state index contributed by atoms with van der Waals surface area (Å²) in [7, 11) is -3.95. The maximum atomic E-state index is 5.97. The monoisotopic (exact) mass is 363 g/mol. The van der Waals surface area contributed by atoms with Gasteiger partial charge in [0.2, 0.25) is 0 Å². The van der Waals surface area contributed by atoms with Crippen LogP contribution in [0.3, 0.4) is 0 Å². The Bertz CT molecular complexity index is 302. The minimum atomic E-state index is -2.49. The van der Waals surface area contributed by atoms with Crippen LogP contribution < -0.4 is 0 Å². The zero-order valence-corrected chi connectivity index (χ0v) is 19.1. The van der Waals surface area contributed by atoms with Gasteiger partial charge in [-0.1, -0.05) is 40.8 Å². The van der Waals surface area contributed by atoms with Gasteiger partial charge in [-0.05, 0) is 45.3 Å². The van der Waals surface area contributed by atoms with Gasteiger partial charge in [-0.15, -0.1) is 0 Å². The van der Waals surface area contributed by atoms with E-state index >= 15 is 0 Å². The highest BCUT2D eigenvalue weighted by atomic mass is 28.4. The molecule has 0 bridgehead atoms. The molecule has 0 aliphatic rings. The van der Waals surface area contributed by atoms with Crippen LogP contribution in [0.1, 0.15) is 54.9 Å². The van der Waals surface area contributed by atoms with Crippen molar-refractivity contribution in [1.82, 2.24) is 4.57 Å². The molecule has 0 unspecified atom stereocenters. The summed E-state index contributed by atoms with van der Waals surface area (Å²) in [4.78, 5) is 0. The number of rotatable bonds is 12. The van der Waals surface area contributed by atoms with Crippen molar-refractivity contribution >= 4 is 17.0 Å². The van der Waals surface area contributed by atoms with Gasteiger partial charge in [0.05, 0.1) is 0 Å². The molecule has 4 nitrogen and oxygen atoms in total. The van der Waals surface area contributed by atoms with Crippen molar-refractivity contribution in [3.63, 3.8) is 0 Å². The Morgan fingerprint density at radius 1 is 0.826 bits per heavy atom. The Balaban J connectivity index is 4.84. The first-order chi connectivity index (χ1) is 10.6. The van der Waals surface area contributed by atoms with Gasteiger partial charge >= 0.3 is 8.80 Å². The molecule has 0 rings (SSSR count). The molecule has 6 heteroatoms. The summed E-state index contributed by atoms with van der Waals surface area (Å²) >= 11 is 0. The lowest BCUT2D eigenvalue weighted by atomic mass is 10.2. The van der Waals surface area contributed by atoms with Crippen LogP contribution in [0.4, 0.5) is 0 Å². The highest BCUT2D eigenvalue weighted by Crippen LogP contribution is 2.38. The summed E-state index contributed by atoms with van der Waals surface area (Å²) in [6, 6.07) is 0.910. The summed E-state index contributed by atoms with van der Waals surface area (Å²) < 4.78 is 20.6. The van der Waals surface area contributed by atoms with Gasteiger partial charge in [0.25, 0.3) is 0 Å². The van der Waals surface area contributed by atoms with Gasteiger partial charge in [-0.25, -0.2) is 0 Å². The standard InChI is InChI=1S/C17H41NO3Si2/c1-10-18(22(8,9)17(5,6)7)15-14-16-23(19-11-2,20-12-3)21-13-4/h10-16H2,1-9H3. The molecule has 0 saturated heterocycles. The van der Waals surface area contributed by atoms with E-state index in [0.29, 0.717) is 24.9 Å². The zero-order chi connectivity index (χ0) is 18.1. The number of hydrogen-bond donors (Lipinski definition) is 0. The molecule has 0 amide bonds. The van der Waals surface area contributed by atoms with Crippen LogP contribution in [0.5, 0.6) is 0 Å². The van der Waals surface area contributed by atoms with Crippen LogP contribution in [-0.4, -0.2) is 54.5 Å². The first kappa shape index (κ1) is 23.3. The Labute approximate surface area is 147 Å². The second-order valence-corrected chi connectivity index (χ2v) is 15.5. The van der Waals surface area contributed by atoms with Crippen LogP contribution in [0.25, 0.3) is 0 Å². The average Bonchev–Trinajstić information content (AvgIpc) is 2.43. The van der Waals surface area contributed by atoms with Gasteiger partial charge in [0.15, 0.2) is 0 Å². The Morgan fingerprint density at radius 2 is 1.26 bits per heavy atom. The molecule has 23 heavy (non-hydrogen) atoms. The molecule has 0 aromatic rings. The number of nitrogens with zero attached hydrogens (tertiary/aromatic N) is 1. The second kappa shape index (κ2) is 10.3. The fourth-order valence-electron chi connectivity index (χ4n) is 2.79. The lowest BCUT2D eigenvalue weighted by Gasteiger charge is -2.46. The van der Waals surface area contributed by atoms with E-state index in [1.54, 1.807) is 0 Å². The maximum Gasteiger partial charge on any atom is 0.500 e. The molecular formula is C17H41NO3Si2. The third kappa shape index (κ3) is 6.96. The molecule has 0 aliphatic carbocycles. The van der Waals surface area contributed by atoms with E-state index in [1.165, 1.54) is 0 Å². The average molecular weight is 364 g/mol. The van der Waals surface area contributed by atoms with E-state index in [-0.39, 0.29) is 0 Å². The molecule has 0 fully saturated rings. The molecule has 0 saturated carbocycles. The van der Waals surface area contributed by atoms with Gasteiger partial charge in [-0.3, -0.25) is 0 Å². The molecule has 0 N–H and O–H groups in total. The van der Waals surface area contributed by atoms with Crippen molar-refractivity contribution < 1.29 is 13.3 Å². The fourth-order valence-corrected chi connectivity index (χ4v) is 7.84. The third-order valence-corrected chi connectivity index (χ3v) is 14.0. The van der Waals surface area contributed by atoms with Crippen LogP contribution in [-0.2, 0) is 13.3 Å². The van der Waals surface area contributed by atoms with Crippen LogP contribution in [0.2, 0.25) is 24.2 Å². The summed E-state index contributed by atoms with van der Waals surface area (Å²) in [5.41, 5.74) is 0. The van der Waals surface area contributed by atoms with Gasteiger partial charge < -0.3 is 17.8 Å². The topological polar surface area (TPSA) is 30.9 Å². The molecule has 140 valence electrons. The van der Waals surface area contributed by atoms with Crippen molar-refractivity contribution in [2.24, 2.45) is 0 Å². The predicted octanol–water partition coefficient (Wildman–Crippen LogP) is 4.75. The van der Waals surface area contributed by atoms with E-state index in [4.69, 9.17) is 13.3 Å². The van der Waals surface area contributed by atoms with Crippen LogP contribution in [0.15, 0.2) is 0 Å². The summed E-state index contributed by atoms with van der Waals surface area (Å²) in [6.07, 6.45) is 1.08. The van der Waals surface area contributed by atoms with Gasteiger partial charge in [-0.2, -0.15) is 0 Å². The largest absolute Gasteiger partial charge is 0.500 e. The van der Waals surface area contributed by atoms with E-state index in [1.807, 2.05) is 20.8 Å². The lowest BCUT2D eigenvalue weighted by Crippen LogP contribution is -2.55. The quantitative estimate of drug-likeness (QED) is 0.468. The molecule has 0 aliphatic heterocycles. The Kier molecular flexibility index (Phi) is 10.4. The lowest BCUT2D eigenvalue weighted by molar-refractivity contribution is 0.0704. The molecule has 0 aromatic carbocycles. The maximum absolute atomic E-state index is 5.97. The number of hydrogen-bond acceptors (Lipinski definition) is 4. The van der Waals surface area contributed by atoms with E-state index in [0.717, 1.165) is 25.6 Å². The molecule has 0 radical (unpaired) electrons. The van der Waals surface area contributed by atoms with Crippen LogP contribution >= 0.6 is 0 Å². The Morgan fingerprint density at radius 3 is 1.57 bits per heavy atom. The van der Waals surface area contributed by atoms with Crippen molar-refractivity contribution in [2.45, 2.75) is 79.1 Å². The van der Waals surface area contributed by atoms with Crippen molar-refractivity contribution in [2.75, 3.05) is 32.9 Å². The minimum Gasteiger partial charge on any atom is -0.374 e. The summed E-state index contributed by atoms with van der Waals surface area (Å²) in [5, 5.41) is 0.372. The normalized spacial score (nSPS) is 13.8. The first-order valence-corrected chi connectivity index (χ1v) is 14.1. The van der Waals surface area contributed by atoms with Gasteiger partial charge in [0, 0.05) is 25.9 Å². The van der Waals surface area contributed by atoms with E-state index in [9.17, 15) is 0 Å². The summed E-state index contributed by atoms with van der Waals surface area (Å²) in [6.45, 7) is 24.6. The molecule has 0 aromatic heterocycles. The molecular weight excluding hydrogens is 322 g/mol. The van der Waals surface area contributed by atoms with E-state index < -0.39 is 17.0 Å². The molecule has 0 atom stereocenters. The van der Waals surface area contributed by atoms with Gasteiger partial charge in [0.1, 0.15) is 8.24 Å². The highest BCUT2D eigenvalue weighted by molar-refractivity contribution is 6.77. The molecule has 0 heterocycles. The minimum absolute atomic E-state index is 0.372. The zero-order valence-electron chi connectivity index (χ0n) is 17.1. The fraction of sp³-hybridized carbons (Fsp3) is 1.00. The highest BCUT2D eigenvalue weighted by Gasteiger charge is 2.42. The summed E-state index contributed by atoms with van der Waals surface area (Å²) in [5.74, 6) is 0. The SMILES string of the molecule is CCO[Si](CCCN(CC)[Si](C)(C)C(C)(C)C)(OCC)OCC. The van der Waals surface area contributed by atoms with Crippen molar-refractivity contribution in [3.8, 4) is 0 Å². The third-order valence-electron chi connectivity index (χ3n) is 5.01. The van der Waals surface area contributed by atoms with Crippen LogP contribution in [0, 0.1) is 0 Å². The Hall–Kier alpha value is 0.274.